The molecule has 0 spiro atoms. The summed E-state index contributed by atoms with van der Waals surface area (Å²) in [4.78, 5) is 2.67. The predicted molar refractivity (Wildman–Crippen MR) is 94.1 cm³/mol. The van der Waals surface area contributed by atoms with Crippen LogP contribution in [0.25, 0.3) is 0 Å². The minimum atomic E-state index is 0.402. The Morgan fingerprint density at radius 3 is 2.09 bits per heavy atom. The normalized spacial score (nSPS) is 18.3. The maximum atomic E-state index is 2.67. The molecule has 1 heterocycles. The zero-order chi connectivity index (χ0) is 15.4. The molecule has 1 nitrogen and oxygen atoms in total. The van der Waals surface area contributed by atoms with Gasteiger partial charge in [-0.05, 0) is 49.9 Å². The number of likely N-dealkylation sites (tertiary alicyclic amines) is 1. The van der Waals surface area contributed by atoms with Crippen molar-refractivity contribution in [3.05, 3.63) is 71.3 Å². The third-order valence-corrected chi connectivity index (χ3v) is 5.10. The molecule has 116 valence electrons. The maximum Gasteiger partial charge on any atom is 0.0601 e. The van der Waals surface area contributed by atoms with E-state index >= 15 is 0 Å². The minimum absolute atomic E-state index is 0.402. The third kappa shape index (κ3) is 3.41. The summed E-state index contributed by atoms with van der Waals surface area (Å²) in [6.07, 6.45) is 4.01. The molecule has 0 saturated carbocycles. The highest BCUT2D eigenvalue weighted by Crippen LogP contribution is 2.33. The lowest BCUT2D eigenvalue weighted by atomic mass is 9.90. The molecule has 1 aliphatic rings. The highest BCUT2D eigenvalue weighted by molar-refractivity contribution is 5.33. The molecular formula is C21H27N. The molecule has 1 atom stereocenters. The van der Waals surface area contributed by atoms with Crippen molar-refractivity contribution < 1.29 is 0 Å². The molecule has 0 radical (unpaired) electrons. The molecule has 22 heavy (non-hydrogen) atoms. The lowest BCUT2D eigenvalue weighted by Crippen LogP contribution is -2.37. The summed E-state index contributed by atoms with van der Waals surface area (Å²) in [6, 6.07) is 20.5. The summed E-state index contributed by atoms with van der Waals surface area (Å²) in [7, 11) is 0. The molecule has 0 aliphatic carbocycles. The molecule has 0 aromatic heterocycles. The van der Waals surface area contributed by atoms with Crippen molar-refractivity contribution in [1.82, 2.24) is 4.90 Å². The van der Waals surface area contributed by atoms with Gasteiger partial charge in [-0.2, -0.15) is 0 Å². The topological polar surface area (TPSA) is 3.24 Å². The van der Waals surface area contributed by atoms with Crippen LogP contribution < -0.4 is 0 Å². The number of aryl methyl sites for hydroxylation is 1. The Morgan fingerprint density at radius 1 is 0.909 bits per heavy atom. The molecular weight excluding hydrogens is 266 g/mol. The van der Waals surface area contributed by atoms with Gasteiger partial charge in [-0.15, -0.1) is 0 Å². The van der Waals surface area contributed by atoms with Crippen LogP contribution in [0.1, 0.15) is 48.9 Å². The Bertz CT molecular complexity index is 565. The van der Waals surface area contributed by atoms with Crippen molar-refractivity contribution in [3.63, 3.8) is 0 Å². The van der Waals surface area contributed by atoms with E-state index in [1.54, 1.807) is 0 Å². The summed E-state index contributed by atoms with van der Waals surface area (Å²) in [5, 5.41) is 0. The van der Waals surface area contributed by atoms with Gasteiger partial charge in [0.15, 0.2) is 0 Å². The molecule has 1 aliphatic heterocycles. The second-order valence-corrected chi connectivity index (χ2v) is 6.61. The first-order valence-corrected chi connectivity index (χ1v) is 8.63. The fourth-order valence-electron chi connectivity index (χ4n) is 3.62. The number of nitrogens with zero attached hydrogens (tertiary/aromatic N) is 1. The minimum Gasteiger partial charge on any atom is -0.292 e. The van der Waals surface area contributed by atoms with Crippen molar-refractivity contribution in [2.45, 2.75) is 39.2 Å². The smallest absolute Gasteiger partial charge is 0.0601 e. The van der Waals surface area contributed by atoms with E-state index in [0.29, 0.717) is 6.04 Å². The van der Waals surface area contributed by atoms with Crippen LogP contribution in [-0.2, 0) is 0 Å². The molecule has 1 fully saturated rings. The van der Waals surface area contributed by atoms with E-state index in [4.69, 9.17) is 0 Å². The fraction of sp³-hybridized carbons (Fsp3) is 0.429. The van der Waals surface area contributed by atoms with Gasteiger partial charge in [-0.25, -0.2) is 0 Å². The number of piperidine rings is 1. The molecule has 1 saturated heterocycles. The van der Waals surface area contributed by atoms with Gasteiger partial charge in [0, 0.05) is 0 Å². The molecule has 2 aromatic carbocycles. The molecule has 1 heteroatoms. The summed E-state index contributed by atoms with van der Waals surface area (Å²) in [5.74, 6) is 0.922. The Balaban J connectivity index is 1.88. The van der Waals surface area contributed by atoms with Gasteiger partial charge < -0.3 is 0 Å². The van der Waals surface area contributed by atoms with E-state index < -0.39 is 0 Å². The Kier molecular flexibility index (Phi) is 4.94. The standard InChI is InChI=1S/C21H27N/c1-3-18-13-15-22(16-14-18)21(19-7-5-4-6-8-19)20-11-9-17(2)10-12-20/h4-12,18,21H,3,13-16H2,1-2H3. The first kappa shape index (κ1) is 15.3. The highest BCUT2D eigenvalue weighted by Gasteiger charge is 2.26. The molecule has 0 bridgehead atoms. The monoisotopic (exact) mass is 293 g/mol. The van der Waals surface area contributed by atoms with Crippen LogP contribution in [0.4, 0.5) is 0 Å². The van der Waals surface area contributed by atoms with Crippen molar-refractivity contribution >= 4 is 0 Å². The molecule has 2 aromatic rings. The predicted octanol–water partition coefficient (Wildman–Crippen LogP) is 5.21. The van der Waals surface area contributed by atoms with Gasteiger partial charge in [-0.1, -0.05) is 73.5 Å². The lowest BCUT2D eigenvalue weighted by Gasteiger charge is -2.38. The number of rotatable bonds is 4. The molecule has 3 rings (SSSR count). The van der Waals surface area contributed by atoms with E-state index in [1.165, 1.54) is 49.0 Å². The van der Waals surface area contributed by atoms with E-state index in [1.807, 2.05) is 0 Å². The van der Waals surface area contributed by atoms with Crippen LogP contribution in [0.5, 0.6) is 0 Å². The average Bonchev–Trinajstić information content (AvgIpc) is 2.58. The SMILES string of the molecule is CCC1CCN(C(c2ccccc2)c2ccc(C)cc2)CC1. The molecule has 1 unspecified atom stereocenters. The first-order chi connectivity index (χ1) is 10.8. The van der Waals surface area contributed by atoms with E-state index in [-0.39, 0.29) is 0 Å². The van der Waals surface area contributed by atoms with E-state index in [9.17, 15) is 0 Å². The van der Waals surface area contributed by atoms with Crippen molar-refractivity contribution in [2.24, 2.45) is 5.92 Å². The van der Waals surface area contributed by atoms with Crippen molar-refractivity contribution in [3.8, 4) is 0 Å². The van der Waals surface area contributed by atoms with Gasteiger partial charge in [0.1, 0.15) is 0 Å². The zero-order valence-corrected chi connectivity index (χ0v) is 13.8. The summed E-state index contributed by atoms with van der Waals surface area (Å²) >= 11 is 0. The number of benzene rings is 2. The Labute approximate surface area is 135 Å². The van der Waals surface area contributed by atoms with Gasteiger partial charge >= 0.3 is 0 Å². The van der Waals surface area contributed by atoms with Crippen molar-refractivity contribution in [2.75, 3.05) is 13.1 Å². The Morgan fingerprint density at radius 2 is 1.50 bits per heavy atom. The molecule has 0 amide bonds. The van der Waals surface area contributed by atoms with Crippen LogP contribution in [0.3, 0.4) is 0 Å². The van der Waals surface area contributed by atoms with Crippen molar-refractivity contribution in [1.29, 1.82) is 0 Å². The van der Waals surface area contributed by atoms with Gasteiger partial charge in [0.25, 0.3) is 0 Å². The maximum absolute atomic E-state index is 2.67. The average molecular weight is 293 g/mol. The quantitative estimate of drug-likeness (QED) is 0.748. The van der Waals surface area contributed by atoms with Crippen LogP contribution in [0.15, 0.2) is 54.6 Å². The second kappa shape index (κ2) is 7.11. The second-order valence-electron chi connectivity index (χ2n) is 6.61. The zero-order valence-electron chi connectivity index (χ0n) is 13.8. The van der Waals surface area contributed by atoms with Gasteiger partial charge in [0.2, 0.25) is 0 Å². The fourth-order valence-corrected chi connectivity index (χ4v) is 3.62. The van der Waals surface area contributed by atoms with Crippen LogP contribution in [0, 0.1) is 12.8 Å². The van der Waals surface area contributed by atoms with Crippen LogP contribution >= 0.6 is 0 Å². The van der Waals surface area contributed by atoms with Crippen LogP contribution in [0.2, 0.25) is 0 Å². The first-order valence-electron chi connectivity index (χ1n) is 8.63. The molecule has 0 N–H and O–H groups in total. The Hall–Kier alpha value is -1.60. The summed E-state index contributed by atoms with van der Waals surface area (Å²) < 4.78 is 0. The van der Waals surface area contributed by atoms with E-state index in [2.05, 4.69) is 73.3 Å². The van der Waals surface area contributed by atoms with Gasteiger partial charge in [-0.3, -0.25) is 4.90 Å². The third-order valence-electron chi connectivity index (χ3n) is 5.10. The highest BCUT2D eigenvalue weighted by atomic mass is 15.2. The summed E-state index contributed by atoms with van der Waals surface area (Å²) in [5.41, 5.74) is 4.17. The lowest BCUT2D eigenvalue weighted by molar-refractivity contribution is 0.149. The van der Waals surface area contributed by atoms with Gasteiger partial charge in [0.05, 0.1) is 6.04 Å². The van der Waals surface area contributed by atoms with E-state index in [0.717, 1.165) is 5.92 Å². The van der Waals surface area contributed by atoms with Crippen LogP contribution in [-0.4, -0.2) is 18.0 Å². The number of hydrogen-bond donors (Lipinski definition) is 0. The summed E-state index contributed by atoms with van der Waals surface area (Å²) in [6.45, 7) is 6.92. The largest absolute Gasteiger partial charge is 0.292 e. The number of hydrogen-bond acceptors (Lipinski definition) is 1.